The Hall–Kier alpha value is -1.52. The second-order valence-electron chi connectivity index (χ2n) is 6.25. The number of likely N-dealkylation sites (N-methyl/N-ethyl adjacent to an activating group) is 1. The summed E-state index contributed by atoms with van der Waals surface area (Å²) in [6, 6.07) is -0.0423. The molecule has 1 heterocycles. The summed E-state index contributed by atoms with van der Waals surface area (Å²) in [5, 5.41) is 0. The van der Waals surface area contributed by atoms with Crippen LogP contribution in [0, 0.1) is 0 Å². The normalized spacial score (nSPS) is 19.1. The highest BCUT2D eigenvalue weighted by molar-refractivity contribution is 5.87. The highest BCUT2D eigenvalue weighted by Gasteiger charge is 2.30. The number of likely N-dealkylation sites (tertiary alicyclic amines) is 1. The molecule has 1 fully saturated rings. The third-order valence-corrected chi connectivity index (χ3v) is 3.46. The third-order valence-electron chi connectivity index (χ3n) is 3.46. The molecule has 5 nitrogen and oxygen atoms in total. The summed E-state index contributed by atoms with van der Waals surface area (Å²) in [4.78, 5) is 27.6. The fourth-order valence-electron chi connectivity index (χ4n) is 2.37. The molecule has 21 heavy (non-hydrogen) atoms. The average molecular weight is 296 g/mol. The molecular weight excluding hydrogens is 268 g/mol. The van der Waals surface area contributed by atoms with Gasteiger partial charge in [-0.05, 0) is 47.5 Å². The maximum absolute atomic E-state index is 12.1. The average Bonchev–Trinajstić information content (AvgIpc) is 2.84. The molecule has 0 N–H and O–H groups in total. The van der Waals surface area contributed by atoms with E-state index >= 15 is 0 Å². The van der Waals surface area contributed by atoms with Crippen LogP contribution in [0.3, 0.4) is 0 Å². The first-order chi connectivity index (χ1) is 9.78. The fourth-order valence-corrected chi connectivity index (χ4v) is 2.37. The molecule has 0 aliphatic carbocycles. The van der Waals surface area contributed by atoms with E-state index in [1.165, 1.54) is 0 Å². The summed E-state index contributed by atoms with van der Waals surface area (Å²) in [6.07, 6.45) is 4.93. The van der Waals surface area contributed by atoms with E-state index in [2.05, 4.69) is 0 Å². The first kappa shape index (κ1) is 17.5. The van der Waals surface area contributed by atoms with Gasteiger partial charge in [0.1, 0.15) is 5.60 Å². The van der Waals surface area contributed by atoms with Crippen molar-refractivity contribution in [1.82, 2.24) is 9.80 Å². The van der Waals surface area contributed by atoms with E-state index in [9.17, 15) is 9.59 Å². The van der Waals surface area contributed by atoms with Crippen LogP contribution < -0.4 is 0 Å². The lowest BCUT2D eigenvalue weighted by Crippen LogP contribution is -2.39. The van der Waals surface area contributed by atoms with Gasteiger partial charge in [0.15, 0.2) is 0 Å². The standard InChI is InChI=1S/C16H28N2O3/c1-6-17(7-2)14(19)11-10-13-9-8-12-18(13)15(20)21-16(3,4)5/h10-11,13H,6-9,12H2,1-5H3/b11-10+/t13-/m0/s1. The molecular formula is C16H28N2O3. The molecule has 0 unspecified atom stereocenters. The Balaban J connectivity index is 2.65. The highest BCUT2D eigenvalue weighted by Crippen LogP contribution is 2.21. The predicted molar refractivity (Wildman–Crippen MR) is 83.0 cm³/mol. The van der Waals surface area contributed by atoms with Crippen molar-refractivity contribution < 1.29 is 14.3 Å². The molecule has 1 saturated heterocycles. The first-order valence-electron chi connectivity index (χ1n) is 7.75. The molecule has 0 radical (unpaired) electrons. The Morgan fingerprint density at radius 2 is 1.90 bits per heavy atom. The number of nitrogens with zero attached hydrogens (tertiary/aromatic N) is 2. The Kier molecular flexibility index (Phi) is 6.24. The number of carbonyl (C=O) groups excluding carboxylic acids is 2. The Morgan fingerprint density at radius 1 is 1.29 bits per heavy atom. The Morgan fingerprint density at radius 3 is 2.43 bits per heavy atom. The molecule has 0 spiro atoms. The van der Waals surface area contributed by atoms with Gasteiger partial charge in [-0.15, -0.1) is 0 Å². The molecule has 0 aromatic carbocycles. The van der Waals surface area contributed by atoms with Gasteiger partial charge in [-0.25, -0.2) is 4.79 Å². The lowest BCUT2D eigenvalue weighted by Gasteiger charge is -2.27. The fraction of sp³-hybridized carbons (Fsp3) is 0.750. The number of carbonyl (C=O) groups is 2. The lowest BCUT2D eigenvalue weighted by molar-refractivity contribution is -0.125. The van der Waals surface area contributed by atoms with E-state index in [1.807, 2.05) is 40.7 Å². The van der Waals surface area contributed by atoms with Crippen molar-refractivity contribution in [2.45, 2.75) is 59.1 Å². The van der Waals surface area contributed by atoms with Crippen LogP contribution in [0.2, 0.25) is 0 Å². The zero-order chi connectivity index (χ0) is 16.0. The summed E-state index contributed by atoms with van der Waals surface area (Å²) in [7, 11) is 0. The van der Waals surface area contributed by atoms with Crippen molar-refractivity contribution in [2.24, 2.45) is 0 Å². The van der Waals surface area contributed by atoms with Gasteiger partial charge < -0.3 is 14.5 Å². The van der Waals surface area contributed by atoms with Crippen LogP contribution in [0.25, 0.3) is 0 Å². The second kappa shape index (κ2) is 7.48. The zero-order valence-corrected chi connectivity index (χ0v) is 13.9. The van der Waals surface area contributed by atoms with Gasteiger partial charge in [-0.1, -0.05) is 6.08 Å². The molecule has 1 atom stereocenters. The topological polar surface area (TPSA) is 49.9 Å². The molecule has 0 saturated carbocycles. The molecule has 1 rings (SSSR count). The molecule has 1 aliphatic rings. The molecule has 120 valence electrons. The quantitative estimate of drug-likeness (QED) is 0.750. The molecule has 0 bridgehead atoms. The largest absolute Gasteiger partial charge is 0.444 e. The number of amides is 2. The van der Waals surface area contributed by atoms with Crippen LogP contribution >= 0.6 is 0 Å². The van der Waals surface area contributed by atoms with Crippen LogP contribution in [0.15, 0.2) is 12.2 Å². The van der Waals surface area contributed by atoms with Crippen LogP contribution in [0.4, 0.5) is 4.79 Å². The summed E-state index contributed by atoms with van der Waals surface area (Å²) in [6.45, 7) is 11.6. The first-order valence-corrected chi connectivity index (χ1v) is 7.75. The van der Waals surface area contributed by atoms with Crippen LogP contribution in [-0.2, 0) is 9.53 Å². The number of hydrogen-bond donors (Lipinski definition) is 0. The van der Waals surface area contributed by atoms with E-state index in [-0.39, 0.29) is 18.0 Å². The van der Waals surface area contributed by atoms with Gasteiger partial charge in [-0.2, -0.15) is 0 Å². The van der Waals surface area contributed by atoms with Gasteiger partial charge in [0, 0.05) is 25.7 Å². The third kappa shape index (κ3) is 5.40. The van der Waals surface area contributed by atoms with Gasteiger partial charge in [0.2, 0.25) is 5.91 Å². The Labute approximate surface area is 127 Å². The van der Waals surface area contributed by atoms with Crippen LogP contribution in [-0.4, -0.2) is 53.1 Å². The van der Waals surface area contributed by atoms with Crippen LogP contribution in [0.1, 0.15) is 47.5 Å². The van der Waals surface area contributed by atoms with E-state index in [4.69, 9.17) is 4.74 Å². The van der Waals surface area contributed by atoms with Gasteiger partial charge >= 0.3 is 6.09 Å². The molecule has 0 aromatic rings. The van der Waals surface area contributed by atoms with Gasteiger partial charge in [0.05, 0.1) is 6.04 Å². The maximum Gasteiger partial charge on any atom is 0.410 e. The van der Waals surface area contributed by atoms with E-state index in [1.54, 1.807) is 15.9 Å². The van der Waals surface area contributed by atoms with Crippen molar-refractivity contribution in [1.29, 1.82) is 0 Å². The van der Waals surface area contributed by atoms with E-state index in [0.29, 0.717) is 19.6 Å². The predicted octanol–water partition coefficient (Wildman–Crippen LogP) is 2.81. The minimum absolute atomic E-state index is 0.00367. The SMILES string of the molecule is CCN(CC)C(=O)/C=C/[C@@H]1CCCN1C(=O)OC(C)(C)C. The van der Waals surface area contributed by atoms with Crippen molar-refractivity contribution in [3.8, 4) is 0 Å². The smallest absolute Gasteiger partial charge is 0.410 e. The molecule has 0 aromatic heterocycles. The molecule has 1 aliphatic heterocycles. The van der Waals surface area contributed by atoms with Crippen molar-refractivity contribution >= 4 is 12.0 Å². The number of rotatable bonds is 4. The number of ether oxygens (including phenoxy) is 1. The zero-order valence-electron chi connectivity index (χ0n) is 13.9. The van der Waals surface area contributed by atoms with Crippen molar-refractivity contribution in [2.75, 3.05) is 19.6 Å². The number of hydrogen-bond acceptors (Lipinski definition) is 3. The van der Waals surface area contributed by atoms with E-state index in [0.717, 1.165) is 12.8 Å². The second-order valence-corrected chi connectivity index (χ2v) is 6.25. The summed E-state index contributed by atoms with van der Waals surface area (Å²) in [5.41, 5.74) is -0.495. The monoisotopic (exact) mass is 296 g/mol. The Bertz CT molecular complexity index is 395. The summed E-state index contributed by atoms with van der Waals surface area (Å²) < 4.78 is 5.41. The van der Waals surface area contributed by atoms with Gasteiger partial charge in [0.25, 0.3) is 0 Å². The van der Waals surface area contributed by atoms with Crippen molar-refractivity contribution in [3.63, 3.8) is 0 Å². The molecule has 5 heteroatoms. The van der Waals surface area contributed by atoms with Crippen molar-refractivity contribution in [3.05, 3.63) is 12.2 Å². The van der Waals surface area contributed by atoms with Crippen LogP contribution in [0.5, 0.6) is 0 Å². The molecule has 2 amide bonds. The summed E-state index contributed by atoms with van der Waals surface area (Å²) >= 11 is 0. The lowest BCUT2D eigenvalue weighted by atomic mass is 10.2. The highest BCUT2D eigenvalue weighted by atomic mass is 16.6. The van der Waals surface area contributed by atoms with E-state index < -0.39 is 5.60 Å². The minimum Gasteiger partial charge on any atom is -0.444 e. The van der Waals surface area contributed by atoms with Gasteiger partial charge in [-0.3, -0.25) is 4.79 Å². The minimum atomic E-state index is -0.495. The summed E-state index contributed by atoms with van der Waals surface area (Å²) in [5.74, 6) is -0.00367. The maximum atomic E-state index is 12.1.